The van der Waals surface area contributed by atoms with Gasteiger partial charge in [-0.15, -0.1) is 6.58 Å². The minimum atomic E-state index is -0.960. The van der Waals surface area contributed by atoms with Gasteiger partial charge in [0.1, 0.15) is 5.75 Å². The number of carboxylic acid groups (broad SMARTS) is 1. The van der Waals surface area contributed by atoms with Gasteiger partial charge in [0, 0.05) is 6.08 Å². The van der Waals surface area contributed by atoms with Crippen LogP contribution in [0.2, 0.25) is 0 Å². The molecule has 0 saturated carbocycles. The van der Waals surface area contributed by atoms with Crippen molar-refractivity contribution >= 4 is 5.97 Å². The highest BCUT2D eigenvalue weighted by Gasteiger charge is 2.03. The molecule has 102 valence electrons. The number of carboxylic acids is 1. The van der Waals surface area contributed by atoms with Gasteiger partial charge >= 0.3 is 5.97 Å². The fourth-order valence-electron chi connectivity index (χ4n) is 1.46. The molecule has 0 radical (unpaired) electrons. The van der Waals surface area contributed by atoms with Crippen LogP contribution >= 0.6 is 0 Å². The van der Waals surface area contributed by atoms with Gasteiger partial charge in [-0.1, -0.05) is 24.3 Å². The Labute approximate surface area is 113 Å². The van der Waals surface area contributed by atoms with Gasteiger partial charge in [0.2, 0.25) is 0 Å². The van der Waals surface area contributed by atoms with E-state index >= 15 is 0 Å². The summed E-state index contributed by atoms with van der Waals surface area (Å²) in [5.41, 5.74) is 1.02. The number of hydrogen-bond acceptors (Lipinski definition) is 3. The van der Waals surface area contributed by atoms with Gasteiger partial charge < -0.3 is 14.6 Å². The van der Waals surface area contributed by atoms with Crippen LogP contribution in [0.3, 0.4) is 0 Å². The van der Waals surface area contributed by atoms with Crippen molar-refractivity contribution in [2.24, 2.45) is 0 Å². The van der Waals surface area contributed by atoms with Crippen LogP contribution in [0, 0.1) is 0 Å². The molecule has 0 fully saturated rings. The van der Waals surface area contributed by atoms with Crippen molar-refractivity contribution < 1.29 is 19.4 Å². The van der Waals surface area contributed by atoms with Crippen LogP contribution in [0.5, 0.6) is 5.75 Å². The summed E-state index contributed by atoms with van der Waals surface area (Å²) >= 11 is 0. The summed E-state index contributed by atoms with van der Waals surface area (Å²) in [6, 6.07) is 7.58. The third-order valence-corrected chi connectivity index (χ3v) is 2.51. The molecule has 0 unspecified atom stereocenters. The zero-order chi connectivity index (χ0) is 14.1. The van der Waals surface area contributed by atoms with E-state index in [9.17, 15) is 4.79 Å². The summed E-state index contributed by atoms with van der Waals surface area (Å²) in [7, 11) is 1.62. The van der Waals surface area contributed by atoms with E-state index in [0.29, 0.717) is 13.0 Å². The van der Waals surface area contributed by atoms with Gasteiger partial charge in [0.15, 0.2) is 0 Å². The largest absolute Gasteiger partial charge is 0.497 e. The molecule has 1 N–H and O–H groups in total. The molecule has 0 amide bonds. The molecule has 0 saturated heterocycles. The zero-order valence-corrected chi connectivity index (χ0v) is 10.9. The zero-order valence-electron chi connectivity index (χ0n) is 10.9. The molecule has 0 aliphatic carbocycles. The third kappa shape index (κ3) is 5.88. The molecule has 0 aromatic heterocycles. The number of carbonyl (C=O) groups is 1. The fraction of sp³-hybridized carbons (Fsp3) is 0.267. The first kappa shape index (κ1) is 15.0. The van der Waals surface area contributed by atoms with Gasteiger partial charge in [-0.25, -0.2) is 4.79 Å². The van der Waals surface area contributed by atoms with E-state index in [1.807, 2.05) is 24.3 Å². The average molecular weight is 262 g/mol. The Balaban J connectivity index is 2.43. The first-order chi connectivity index (χ1) is 9.15. The van der Waals surface area contributed by atoms with E-state index in [-0.39, 0.29) is 6.10 Å². The number of rotatable bonds is 8. The van der Waals surface area contributed by atoms with Crippen molar-refractivity contribution in [1.82, 2.24) is 0 Å². The van der Waals surface area contributed by atoms with Crippen LogP contribution in [0.4, 0.5) is 0 Å². The number of benzene rings is 1. The maximum Gasteiger partial charge on any atom is 0.327 e. The molecule has 0 heterocycles. The fourth-order valence-corrected chi connectivity index (χ4v) is 1.46. The lowest BCUT2D eigenvalue weighted by molar-refractivity contribution is -0.131. The number of methoxy groups -OCH3 is 1. The summed E-state index contributed by atoms with van der Waals surface area (Å²) < 4.78 is 10.7. The maximum atomic E-state index is 10.3. The van der Waals surface area contributed by atoms with Crippen molar-refractivity contribution in [3.05, 3.63) is 54.6 Å². The SMILES string of the molecule is C=C[C@@H](C/C=C/C(=O)O)OCc1ccc(OC)cc1. The van der Waals surface area contributed by atoms with Crippen molar-refractivity contribution in [3.8, 4) is 5.75 Å². The predicted octanol–water partition coefficient (Wildman–Crippen LogP) is 2.80. The highest BCUT2D eigenvalue weighted by atomic mass is 16.5. The lowest BCUT2D eigenvalue weighted by atomic mass is 10.2. The van der Waals surface area contributed by atoms with Crippen molar-refractivity contribution in [1.29, 1.82) is 0 Å². The number of aliphatic carboxylic acids is 1. The van der Waals surface area contributed by atoms with Gasteiger partial charge in [-0.2, -0.15) is 0 Å². The van der Waals surface area contributed by atoms with Crippen LogP contribution in [0.25, 0.3) is 0 Å². The second-order valence-corrected chi connectivity index (χ2v) is 3.91. The molecule has 4 nitrogen and oxygen atoms in total. The topological polar surface area (TPSA) is 55.8 Å². The van der Waals surface area contributed by atoms with Crippen molar-refractivity contribution in [2.75, 3.05) is 7.11 Å². The predicted molar refractivity (Wildman–Crippen MR) is 73.2 cm³/mol. The normalized spacial score (nSPS) is 12.3. The van der Waals surface area contributed by atoms with E-state index in [1.54, 1.807) is 19.3 Å². The smallest absolute Gasteiger partial charge is 0.327 e. The van der Waals surface area contributed by atoms with Crippen LogP contribution in [0.1, 0.15) is 12.0 Å². The Kier molecular flexibility index (Phi) is 6.39. The number of ether oxygens (including phenoxy) is 2. The van der Waals surface area contributed by atoms with E-state index < -0.39 is 5.97 Å². The molecule has 1 aromatic carbocycles. The van der Waals surface area contributed by atoms with Gasteiger partial charge in [0.25, 0.3) is 0 Å². The lowest BCUT2D eigenvalue weighted by Crippen LogP contribution is -2.08. The monoisotopic (exact) mass is 262 g/mol. The Morgan fingerprint density at radius 1 is 1.42 bits per heavy atom. The van der Waals surface area contributed by atoms with E-state index in [1.165, 1.54) is 0 Å². The summed E-state index contributed by atoms with van der Waals surface area (Å²) in [5, 5.41) is 8.49. The van der Waals surface area contributed by atoms with Crippen LogP contribution in [0.15, 0.2) is 49.1 Å². The Bertz CT molecular complexity index is 434. The summed E-state index contributed by atoms with van der Waals surface area (Å²) in [6.07, 6.45) is 4.62. The van der Waals surface area contributed by atoms with E-state index in [0.717, 1.165) is 17.4 Å². The lowest BCUT2D eigenvalue weighted by Gasteiger charge is -2.12. The Morgan fingerprint density at radius 2 is 2.11 bits per heavy atom. The molecular formula is C15H18O4. The molecule has 0 aliphatic rings. The van der Waals surface area contributed by atoms with Gasteiger partial charge in [-0.3, -0.25) is 0 Å². The standard InChI is InChI=1S/C15H18O4/c1-3-13(5-4-6-15(16)17)19-11-12-7-9-14(18-2)10-8-12/h3-4,6-10,13H,1,5,11H2,2H3,(H,16,17)/b6-4+/t13-/m0/s1. The van der Waals surface area contributed by atoms with Crippen molar-refractivity contribution in [2.45, 2.75) is 19.1 Å². The minimum Gasteiger partial charge on any atom is -0.497 e. The van der Waals surface area contributed by atoms with Crippen molar-refractivity contribution in [3.63, 3.8) is 0 Å². The highest BCUT2D eigenvalue weighted by molar-refractivity contribution is 5.79. The van der Waals surface area contributed by atoms with Gasteiger partial charge in [0.05, 0.1) is 19.8 Å². The second kappa shape index (κ2) is 8.11. The highest BCUT2D eigenvalue weighted by Crippen LogP contribution is 2.13. The molecule has 4 heteroatoms. The molecule has 19 heavy (non-hydrogen) atoms. The van der Waals surface area contributed by atoms with Crippen LogP contribution < -0.4 is 4.74 Å². The summed E-state index contributed by atoms with van der Waals surface area (Å²) in [6.45, 7) is 4.12. The summed E-state index contributed by atoms with van der Waals surface area (Å²) in [5.74, 6) is -0.161. The van der Waals surface area contributed by atoms with Crippen LogP contribution in [-0.4, -0.2) is 24.3 Å². The molecule has 1 atom stereocenters. The third-order valence-electron chi connectivity index (χ3n) is 2.51. The van der Waals surface area contributed by atoms with Gasteiger partial charge in [-0.05, 0) is 24.1 Å². The van der Waals surface area contributed by atoms with Crippen LogP contribution in [-0.2, 0) is 16.1 Å². The maximum absolute atomic E-state index is 10.3. The quantitative estimate of drug-likeness (QED) is 0.578. The first-order valence-corrected chi connectivity index (χ1v) is 5.92. The van der Waals surface area contributed by atoms with E-state index in [2.05, 4.69) is 6.58 Å². The molecule has 1 rings (SSSR count). The molecule has 1 aromatic rings. The molecule has 0 bridgehead atoms. The molecule has 0 aliphatic heterocycles. The Hall–Kier alpha value is -2.07. The minimum absolute atomic E-state index is 0.197. The first-order valence-electron chi connectivity index (χ1n) is 5.92. The molecule has 0 spiro atoms. The van der Waals surface area contributed by atoms with E-state index in [4.69, 9.17) is 14.6 Å². The second-order valence-electron chi connectivity index (χ2n) is 3.91. The summed E-state index contributed by atoms with van der Waals surface area (Å²) in [4.78, 5) is 10.3. The average Bonchev–Trinajstić information content (AvgIpc) is 2.42. The number of hydrogen-bond donors (Lipinski definition) is 1. The Morgan fingerprint density at radius 3 is 2.63 bits per heavy atom. The molecular weight excluding hydrogens is 244 g/mol.